The molecule has 1 aliphatic rings. The topological polar surface area (TPSA) is 55.8 Å². The molecule has 5 heteroatoms. The zero-order valence-corrected chi connectivity index (χ0v) is 11.2. The van der Waals surface area contributed by atoms with Gasteiger partial charge in [0.15, 0.2) is 0 Å². The van der Waals surface area contributed by atoms with Gasteiger partial charge in [0.25, 0.3) is 0 Å². The van der Waals surface area contributed by atoms with Crippen LogP contribution >= 0.6 is 7.60 Å². The zero-order valence-electron chi connectivity index (χ0n) is 10.3. The molecule has 0 amide bonds. The van der Waals surface area contributed by atoms with Crippen LogP contribution in [-0.4, -0.2) is 29.6 Å². The molecule has 1 saturated carbocycles. The molecule has 16 heavy (non-hydrogen) atoms. The van der Waals surface area contributed by atoms with E-state index in [0.717, 1.165) is 5.57 Å². The summed E-state index contributed by atoms with van der Waals surface area (Å²) in [5, 5.41) is 8.78. The van der Waals surface area contributed by atoms with Crippen molar-refractivity contribution < 1.29 is 18.7 Å². The monoisotopic (exact) mass is 248 g/mol. The Morgan fingerprint density at radius 1 is 1.38 bits per heavy atom. The maximum absolute atomic E-state index is 12.5. The summed E-state index contributed by atoms with van der Waals surface area (Å²) in [6.45, 7) is 7.35. The lowest BCUT2D eigenvalue weighted by atomic mass is 10.5. The second-order valence-corrected chi connectivity index (χ2v) is 6.65. The molecular weight excluding hydrogens is 227 g/mol. The Labute approximate surface area is 97.2 Å². The largest absolute Gasteiger partial charge is 0.392 e. The highest BCUT2D eigenvalue weighted by Crippen LogP contribution is 2.66. The van der Waals surface area contributed by atoms with Gasteiger partial charge in [0, 0.05) is 0 Å². The highest BCUT2D eigenvalue weighted by molar-refractivity contribution is 7.55. The van der Waals surface area contributed by atoms with Gasteiger partial charge in [0.1, 0.15) is 0 Å². The molecule has 1 aliphatic carbocycles. The average Bonchev–Trinajstić information content (AvgIpc) is 2.81. The van der Waals surface area contributed by atoms with Crippen LogP contribution in [0.3, 0.4) is 0 Å². The standard InChI is InChI=1S/C11H21O4P/c1-8(2)14-16(13,15-9(3)4)11-7-10(11)5-6-12/h5,8-9,11-12H,6-7H2,1-4H3/b10-5+. The predicted molar refractivity (Wildman–Crippen MR) is 63.6 cm³/mol. The molecule has 0 saturated heterocycles. The number of aliphatic hydroxyl groups is 1. The van der Waals surface area contributed by atoms with Crippen LogP contribution in [0.5, 0.6) is 0 Å². The van der Waals surface area contributed by atoms with Gasteiger partial charge in [0.2, 0.25) is 0 Å². The van der Waals surface area contributed by atoms with Crippen LogP contribution in [0.15, 0.2) is 11.6 Å². The zero-order chi connectivity index (χ0) is 12.3. The number of allylic oxidation sites excluding steroid dienone is 1. The van der Waals surface area contributed by atoms with Crippen molar-refractivity contribution in [3.05, 3.63) is 11.6 Å². The van der Waals surface area contributed by atoms with Crippen LogP contribution in [0.2, 0.25) is 0 Å². The Kier molecular flexibility index (Phi) is 4.74. The number of rotatable bonds is 6. The molecule has 0 aliphatic heterocycles. The van der Waals surface area contributed by atoms with Gasteiger partial charge in [-0.1, -0.05) is 11.6 Å². The van der Waals surface area contributed by atoms with Crippen molar-refractivity contribution in [1.82, 2.24) is 0 Å². The summed E-state index contributed by atoms with van der Waals surface area (Å²) in [5.41, 5.74) is 0.830. The van der Waals surface area contributed by atoms with Crippen molar-refractivity contribution in [2.45, 2.75) is 52.0 Å². The maximum atomic E-state index is 12.5. The van der Waals surface area contributed by atoms with E-state index in [0.29, 0.717) is 6.42 Å². The van der Waals surface area contributed by atoms with Crippen LogP contribution in [-0.2, 0) is 13.6 Å². The van der Waals surface area contributed by atoms with E-state index in [2.05, 4.69) is 0 Å². The first-order valence-corrected chi connectivity index (χ1v) is 7.26. The van der Waals surface area contributed by atoms with Crippen molar-refractivity contribution in [2.24, 2.45) is 0 Å². The second-order valence-electron chi connectivity index (χ2n) is 4.53. The fourth-order valence-corrected chi connectivity index (χ4v) is 4.04. The lowest BCUT2D eigenvalue weighted by Crippen LogP contribution is -2.10. The average molecular weight is 248 g/mol. The van der Waals surface area contributed by atoms with Gasteiger partial charge in [-0.15, -0.1) is 0 Å². The number of aliphatic hydroxyl groups excluding tert-OH is 1. The summed E-state index contributed by atoms with van der Waals surface area (Å²) >= 11 is 0. The Bertz CT molecular complexity index is 295. The fourth-order valence-electron chi connectivity index (χ4n) is 1.58. The lowest BCUT2D eigenvalue weighted by molar-refractivity contribution is 0.142. The molecule has 1 atom stereocenters. The summed E-state index contributed by atoms with van der Waals surface area (Å²) in [6, 6.07) is 0. The van der Waals surface area contributed by atoms with E-state index < -0.39 is 7.60 Å². The lowest BCUT2D eigenvalue weighted by Gasteiger charge is -2.22. The van der Waals surface area contributed by atoms with Gasteiger partial charge in [-0.2, -0.15) is 0 Å². The van der Waals surface area contributed by atoms with Crippen LogP contribution < -0.4 is 0 Å². The summed E-state index contributed by atoms with van der Waals surface area (Å²) in [7, 11) is -3.06. The first-order chi connectivity index (χ1) is 7.39. The molecule has 1 N–H and O–H groups in total. The molecule has 0 aromatic rings. The first kappa shape index (κ1) is 13.9. The molecule has 1 fully saturated rings. The van der Waals surface area contributed by atoms with E-state index in [4.69, 9.17) is 14.2 Å². The highest BCUT2D eigenvalue weighted by atomic mass is 31.2. The van der Waals surface area contributed by atoms with E-state index in [-0.39, 0.29) is 24.5 Å². The molecular formula is C11H21O4P. The van der Waals surface area contributed by atoms with Gasteiger partial charge in [-0.05, 0) is 34.1 Å². The summed E-state index contributed by atoms with van der Waals surface area (Å²) in [5.74, 6) is 0. The van der Waals surface area contributed by atoms with E-state index in [9.17, 15) is 4.57 Å². The second kappa shape index (κ2) is 5.46. The van der Waals surface area contributed by atoms with Crippen LogP contribution in [0.4, 0.5) is 0 Å². The normalized spacial score (nSPS) is 23.4. The molecule has 0 aromatic heterocycles. The Hall–Kier alpha value is -0.150. The Morgan fingerprint density at radius 2 is 1.88 bits per heavy atom. The quantitative estimate of drug-likeness (QED) is 0.580. The number of hydrogen-bond acceptors (Lipinski definition) is 4. The third-order valence-corrected chi connectivity index (χ3v) is 4.86. The van der Waals surface area contributed by atoms with Crippen molar-refractivity contribution in [2.75, 3.05) is 6.61 Å². The van der Waals surface area contributed by atoms with Gasteiger partial charge < -0.3 is 14.2 Å². The summed E-state index contributed by atoms with van der Waals surface area (Å²) in [4.78, 5) is 0. The molecule has 1 unspecified atom stereocenters. The molecule has 4 nitrogen and oxygen atoms in total. The van der Waals surface area contributed by atoms with Gasteiger partial charge in [-0.25, -0.2) is 0 Å². The molecule has 0 aromatic carbocycles. The van der Waals surface area contributed by atoms with E-state index in [1.54, 1.807) is 6.08 Å². The van der Waals surface area contributed by atoms with Gasteiger partial charge in [-0.3, -0.25) is 4.57 Å². The van der Waals surface area contributed by atoms with Gasteiger partial charge >= 0.3 is 7.60 Å². The van der Waals surface area contributed by atoms with Crippen molar-refractivity contribution in [3.63, 3.8) is 0 Å². The Balaban J connectivity index is 2.73. The SMILES string of the molecule is CC(C)OP(=O)(OC(C)C)C1C/C1=C\CO. The molecule has 0 spiro atoms. The minimum atomic E-state index is -3.06. The van der Waals surface area contributed by atoms with E-state index >= 15 is 0 Å². The van der Waals surface area contributed by atoms with Gasteiger partial charge in [0.05, 0.1) is 24.5 Å². The van der Waals surface area contributed by atoms with Crippen LogP contribution in [0.1, 0.15) is 34.1 Å². The van der Waals surface area contributed by atoms with E-state index in [1.807, 2.05) is 27.7 Å². The maximum Gasteiger partial charge on any atom is 0.338 e. The first-order valence-electron chi connectivity index (χ1n) is 5.65. The molecule has 94 valence electrons. The molecule has 0 bridgehead atoms. The van der Waals surface area contributed by atoms with Crippen molar-refractivity contribution >= 4 is 7.60 Å². The summed E-state index contributed by atoms with van der Waals surface area (Å²) in [6.07, 6.45) is 2.14. The minimum Gasteiger partial charge on any atom is -0.392 e. The van der Waals surface area contributed by atoms with Crippen LogP contribution in [0.25, 0.3) is 0 Å². The predicted octanol–water partition coefficient (Wildman–Crippen LogP) is 2.72. The molecule has 1 rings (SSSR count). The number of hydrogen-bond donors (Lipinski definition) is 1. The Morgan fingerprint density at radius 3 is 2.25 bits per heavy atom. The molecule has 0 radical (unpaired) electrons. The minimum absolute atomic E-state index is 0.0187. The van der Waals surface area contributed by atoms with E-state index in [1.165, 1.54) is 0 Å². The highest BCUT2D eigenvalue weighted by Gasteiger charge is 2.49. The molecule has 0 heterocycles. The van der Waals surface area contributed by atoms with Crippen LogP contribution in [0, 0.1) is 0 Å². The smallest absolute Gasteiger partial charge is 0.338 e. The third kappa shape index (κ3) is 3.70. The summed E-state index contributed by atoms with van der Waals surface area (Å²) < 4.78 is 23.4. The fraction of sp³-hybridized carbons (Fsp3) is 0.818. The third-order valence-electron chi connectivity index (χ3n) is 2.15. The van der Waals surface area contributed by atoms with Crippen molar-refractivity contribution in [1.29, 1.82) is 0 Å². The van der Waals surface area contributed by atoms with Crippen molar-refractivity contribution in [3.8, 4) is 0 Å².